The standard InChI is InChI=1S/C15H21.C7H15.U/c1-3-5-12(4-2)13-6-8-14(9-7-13)15-10-11-15;1-6(2)7(3,4)5;/h6-10,12,15H,3-5,11H2,1-2H3;1-5H3;/q2*-1;+2. The first-order valence-corrected chi connectivity index (χ1v) is 9.03. The molecule has 1 heteroatoms. The van der Waals surface area contributed by atoms with Gasteiger partial charge in [0, 0.05) is 0 Å². The molecule has 1 aliphatic rings. The van der Waals surface area contributed by atoms with Crippen molar-refractivity contribution in [3.05, 3.63) is 47.7 Å². The molecule has 128 valence electrons. The van der Waals surface area contributed by atoms with Gasteiger partial charge in [0.15, 0.2) is 0 Å². The third kappa shape index (κ3) is 8.79. The molecule has 2 rings (SSSR count). The number of hydrogen-bond acceptors (Lipinski definition) is 0. The maximum absolute atomic E-state index is 2.37. The van der Waals surface area contributed by atoms with Gasteiger partial charge in [0.05, 0.1) is 0 Å². The fourth-order valence-electron chi connectivity index (χ4n) is 2.31. The molecule has 0 nitrogen and oxygen atoms in total. The Hall–Kier alpha value is 0.272. The molecular weight excluding hydrogens is 502 g/mol. The second-order valence-corrected chi connectivity index (χ2v) is 7.89. The van der Waals surface area contributed by atoms with E-state index in [9.17, 15) is 0 Å². The van der Waals surface area contributed by atoms with Gasteiger partial charge in [-0.25, -0.2) is 0 Å². The molecule has 1 fully saturated rings. The Morgan fingerprint density at radius 2 is 1.61 bits per heavy atom. The van der Waals surface area contributed by atoms with Crippen LogP contribution in [0.1, 0.15) is 97.1 Å². The first kappa shape index (κ1) is 23.3. The summed E-state index contributed by atoms with van der Waals surface area (Å²) in [5.74, 6) is 3.03. The Morgan fingerprint density at radius 1 is 1.13 bits per heavy atom. The maximum Gasteiger partial charge on any atom is 2.00 e. The van der Waals surface area contributed by atoms with E-state index in [2.05, 4.69) is 79.2 Å². The van der Waals surface area contributed by atoms with Crippen molar-refractivity contribution in [3.63, 3.8) is 0 Å². The molecule has 2 unspecified atom stereocenters. The smallest absolute Gasteiger partial charge is 0.325 e. The van der Waals surface area contributed by atoms with E-state index in [0.717, 1.165) is 11.8 Å². The molecule has 0 amide bonds. The van der Waals surface area contributed by atoms with Crippen LogP contribution >= 0.6 is 0 Å². The van der Waals surface area contributed by atoms with E-state index in [1.807, 2.05) is 0 Å². The summed E-state index contributed by atoms with van der Waals surface area (Å²) in [5, 5.41) is 0. The average Bonchev–Trinajstić information content (AvgIpc) is 3.29. The van der Waals surface area contributed by atoms with E-state index in [0.29, 0.717) is 5.41 Å². The van der Waals surface area contributed by atoms with Crippen molar-refractivity contribution < 1.29 is 31.1 Å². The molecule has 0 aliphatic heterocycles. The van der Waals surface area contributed by atoms with E-state index in [4.69, 9.17) is 0 Å². The summed E-state index contributed by atoms with van der Waals surface area (Å²) in [6.07, 6.45) is 7.54. The van der Waals surface area contributed by atoms with Crippen molar-refractivity contribution in [1.29, 1.82) is 0 Å². The molecule has 1 aromatic rings. The first-order valence-electron chi connectivity index (χ1n) is 9.03. The largest absolute Gasteiger partial charge is 2.00 e. The van der Waals surface area contributed by atoms with Crippen molar-refractivity contribution in [2.45, 2.75) is 86.0 Å². The molecule has 1 aromatic carbocycles. The van der Waals surface area contributed by atoms with Crippen molar-refractivity contribution in [2.75, 3.05) is 0 Å². The summed E-state index contributed by atoms with van der Waals surface area (Å²) in [6, 6.07) is 9.32. The molecule has 0 heterocycles. The van der Waals surface area contributed by atoms with Gasteiger partial charge in [-0.2, -0.15) is 31.6 Å². The summed E-state index contributed by atoms with van der Waals surface area (Å²) in [4.78, 5) is 0. The summed E-state index contributed by atoms with van der Waals surface area (Å²) in [7, 11) is 0. The van der Waals surface area contributed by atoms with E-state index in [1.54, 1.807) is 0 Å². The van der Waals surface area contributed by atoms with Crippen molar-refractivity contribution in [2.24, 2.45) is 5.41 Å². The zero-order chi connectivity index (χ0) is 16.8. The summed E-state index contributed by atoms with van der Waals surface area (Å²) in [6.45, 7) is 15.6. The number of rotatable bonds is 5. The molecule has 1 saturated carbocycles. The van der Waals surface area contributed by atoms with Gasteiger partial charge in [-0.3, -0.25) is 0 Å². The van der Waals surface area contributed by atoms with Crippen LogP contribution in [-0.2, 0) is 0 Å². The van der Waals surface area contributed by atoms with E-state index in [1.165, 1.54) is 42.7 Å². The van der Waals surface area contributed by atoms with Crippen LogP contribution in [-0.4, -0.2) is 0 Å². The molecule has 2 atom stereocenters. The predicted molar refractivity (Wildman–Crippen MR) is 100 cm³/mol. The SMILES string of the molecule is CCCC(CC)c1ccc(C2[CH-]C2)cc1.C[C-](C)C(C)(C)C.[U+2]. The Bertz CT molecular complexity index is 407. The Balaban J connectivity index is 0.000000522. The summed E-state index contributed by atoms with van der Waals surface area (Å²) in [5.41, 5.74) is 3.45. The van der Waals surface area contributed by atoms with Gasteiger partial charge < -0.3 is 12.3 Å². The van der Waals surface area contributed by atoms with Crippen LogP contribution in [0.5, 0.6) is 0 Å². The van der Waals surface area contributed by atoms with Gasteiger partial charge in [-0.15, -0.1) is 0 Å². The third-order valence-corrected chi connectivity index (χ3v) is 4.94. The minimum atomic E-state index is 0. The third-order valence-electron chi connectivity index (χ3n) is 4.94. The minimum absolute atomic E-state index is 0. The molecule has 0 bridgehead atoms. The van der Waals surface area contributed by atoms with Crippen LogP contribution < -0.4 is 0 Å². The minimum Gasteiger partial charge on any atom is -0.325 e. The predicted octanol–water partition coefficient (Wildman–Crippen LogP) is 7.32. The van der Waals surface area contributed by atoms with E-state index < -0.39 is 0 Å². The molecule has 0 N–H and O–H groups in total. The molecule has 0 saturated heterocycles. The quantitative estimate of drug-likeness (QED) is 0.345. The molecule has 0 aromatic heterocycles. The number of hydrogen-bond donors (Lipinski definition) is 0. The van der Waals surface area contributed by atoms with Gasteiger partial charge in [-0.05, 0) is 24.3 Å². The molecule has 23 heavy (non-hydrogen) atoms. The van der Waals surface area contributed by atoms with Gasteiger partial charge in [-0.1, -0.05) is 70.9 Å². The maximum atomic E-state index is 2.37. The Kier molecular flexibility index (Phi) is 11.1. The van der Waals surface area contributed by atoms with Crippen LogP contribution in [0.2, 0.25) is 0 Å². The summed E-state index contributed by atoms with van der Waals surface area (Å²) >= 11 is 0. The van der Waals surface area contributed by atoms with Crippen LogP contribution in [0.25, 0.3) is 0 Å². The van der Waals surface area contributed by atoms with Gasteiger partial charge in [0.2, 0.25) is 0 Å². The van der Waals surface area contributed by atoms with Crippen molar-refractivity contribution in [1.82, 2.24) is 0 Å². The van der Waals surface area contributed by atoms with E-state index >= 15 is 0 Å². The van der Waals surface area contributed by atoms with Gasteiger partial charge >= 0.3 is 31.1 Å². The molecule has 0 radical (unpaired) electrons. The topological polar surface area (TPSA) is 0 Å². The van der Waals surface area contributed by atoms with Crippen molar-refractivity contribution >= 4 is 0 Å². The zero-order valence-electron chi connectivity index (χ0n) is 16.4. The van der Waals surface area contributed by atoms with Gasteiger partial charge in [0.1, 0.15) is 0 Å². The first-order chi connectivity index (χ1) is 10.3. The molecule has 1 aliphatic carbocycles. The van der Waals surface area contributed by atoms with Crippen LogP contribution in [0.3, 0.4) is 0 Å². The second-order valence-electron chi connectivity index (χ2n) is 7.89. The Labute approximate surface area is 169 Å². The van der Waals surface area contributed by atoms with E-state index in [-0.39, 0.29) is 31.1 Å². The van der Waals surface area contributed by atoms with Gasteiger partial charge in [0.25, 0.3) is 0 Å². The average molecular weight is 539 g/mol. The molecular formula is C22H36U. The second kappa shape index (κ2) is 11.0. The fourth-order valence-corrected chi connectivity index (χ4v) is 2.31. The zero-order valence-corrected chi connectivity index (χ0v) is 20.5. The summed E-state index contributed by atoms with van der Waals surface area (Å²) < 4.78 is 0. The van der Waals surface area contributed by atoms with Crippen LogP contribution in [0.15, 0.2) is 24.3 Å². The normalized spacial score (nSPS) is 17.8. The monoisotopic (exact) mass is 538 g/mol. The fraction of sp³-hybridized carbons (Fsp3) is 0.636. The number of benzene rings is 1. The van der Waals surface area contributed by atoms with Crippen LogP contribution in [0, 0.1) is 48.9 Å². The Morgan fingerprint density at radius 3 is 1.91 bits per heavy atom. The molecule has 0 spiro atoms. The van der Waals surface area contributed by atoms with Crippen LogP contribution in [0.4, 0.5) is 0 Å². The van der Waals surface area contributed by atoms with Crippen molar-refractivity contribution in [3.8, 4) is 0 Å².